The molecule has 1 N–H and O–H groups in total. The Kier molecular flexibility index (Phi) is 7.33. The molecule has 0 unspecified atom stereocenters. The third kappa shape index (κ3) is 4.97. The van der Waals surface area contributed by atoms with Gasteiger partial charge < -0.3 is 9.84 Å². The Bertz CT molecular complexity index is 240. The molecule has 0 amide bonds. The molecule has 106 valence electrons. The maximum Gasteiger partial charge on any atom is 0.311 e. The lowest BCUT2D eigenvalue weighted by Gasteiger charge is -2.26. The molecular weight excluding hydrogens is 228 g/mol. The monoisotopic (exact) mass is 256 g/mol. The van der Waals surface area contributed by atoms with Crippen molar-refractivity contribution in [1.82, 2.24) is 0 Å². The van der Waals surface area contributed by atoms with Crippen molar-refractivity contribution in [3.05, 3.63) is 0 Å². The molecule has 0 radical (unpaired) electrons. The Morgan fingerprint density at radius 1 is 1.33 bits per heavy atom. The zero-order chi connectivity index (χ0) is 13.4. The summed E-state index contributed by atoms with van der Waals surface area (Å²) in [6.07, 6.45) is 7.67. The molecule has 0 heterocycles. The van der Waals surface area contributed by atoms with Gasteiger partial charge in [-0.1, -0.05) is 46.0 Å². The minimum atomic E-state index is -0.484. The highest BCUT2D eigenvalue weighted by atomic mass is 16.5. The van der Waals surface area contributed by atoms with Crippen LogP contribution in [0.25, 0.3) is 0 Å². The van der Waals surface area contributed by atoms with Crippen LogP contribution in [-0.4, -0.2) is 23.8 Å². The maximum atomic E-state index is 11.9. The zero-order valence-electron chi connectivity index (χ0n) is 11.9. The SMILES string of the molecule is CCCC[C@H](CC)COC(=O)[C@H]1CCCC[C@H]1O. The molecule has 1 fully saturated rings. The van der Waals surface area contributed by atoms with Gasteiger partial charge in [-0.25, -0.2) is 0 Å². The van der Waals surface area contributed by atoms with Crippen molar-refractivity contribution in [1.29, 1.82) is 0 Å². The van der Waals surface area contributed by atoms with E-state index in [1.165, 1.54) is 12.8 Å². The molecule has 0 spiro atoms. The van der Waals surface area contributed by atoms with Gasteiger partial charge in [0.25, 0.3) is 0 Å². The summed E-state index contributed by atoms with van der Waals surface area (Å²) < 4.78 is 5.40. The molecule has 3 heteroatoms. The summed E-state index contributed by atoms with van der Waals surface area (Å²) in [6, 6.07) is 0. The molecule has 0 saturated heterocycles. The van der Waals surface area contributed by atoms with Crippen LogP contribution in [0.4, 0.5) is 0 Å². The quantitative estimate of drug-likeness (QED) is 0.711. The fourth-order valence-corrected chi connectivity index (χ4v) is 2.59. The molecule has 18 heavy (non-hydrogen) atoms. The van der Waals surface area contributed by atoms with Crippen LogP contribution >= 0.6 is 0 Å². The van der Waals surface area contributed by atoms with Gasteiger partial charge in [0.2, 0.25) is 0 Å². The number of ether oxygens (including phenoxy) is 1. The lowest BCUT2D eigenvalue weighted by Crippen LogP contribution is -2.33. The van der Waals surface area contributed by atoms with E-state index < -0.39 is 6.10 Å². The highest BCUT2D eigenvalue weighted by Gasteiger charge is 2.30. The van der Waals surface area contributed by atoms with Gasteiger partial charge in [-0.3, -0.25) is 4.79 Å². The first-order valence-corrected chi connectivity index (χ1v) is 7.53. The molecular formula is C15H28O3. The Morgan fingerprint density at radius 3 is 2.67 bits per heavy atom. The van der Waals surface area contributed by atoms with Crippen molar-refractivity contribution in [3.8, 4) is 0 Å². The highest BCUT2D eigenvalue weighted by Crippen LogP contribution is 2.26. The molecule has 0 aromatic rings. The largest absolute Gasteiger partial charge is 0.465 e. The van der Waals surface area contributed by atoms with Gasteiger partial charge in [-0.2, -0.15) is 0 Å². The second-order valence-corrected chi connectivity index (χ2v) is 5.50. The summed E-state index contributed by atoms with van der Waals surface area (Å²) in [7, 11) is 0. The predicted octanol–water partition coefficient (Wildman–Crippen LogP) is 3.30. The van der Waals surface area contributed by atoms with Crippen molar-refractivity contribution in [2.24, 2.45) is 11.8 Å². The van der Waals surface area contributed by atoms with Gasteiger partial charge >= 0.3 is 5.97 Å². The smallest absolute Gasteiger partial charge is 0.311 e. The first-order chi connectivity index (χ1) is 8.69. The van der Waals surface area contributed by atoms with Crippen LogP contribution in [0.5, 0.6) is 0 Å². The Balaban J connectivity index is 2.29. The van der Waals surface area contributed by atoms with Gasteiger partial charge in [0.05, 0.1) is 18.6 Å². The van der Waals surface area contributed by atoms with E-state index in [1.807, 2.05) is 0 Å². The number of carbonyl (C=O) groups excluding carboxylic acids is 1. The van der Waals surface area contributed by atoms with Gasteiger partial charge in [0.1, 0.15) is 0 Å². The predicted molar refractivity (Wildman–Crippen MR) is 72.2 cm³/mol. The summed E-state index contributed by atoms with van der Waals surface area (Å²) in [6.45, 7) is 4.85. The number of aliphatic hydroxyl groups is 1. The Hall–Kier alpha value is -0.570. The molecule has 0 aromatic carbocycles. The third-order valence-electron chi connectivity index (χ3n) is 4.04. The molecule has 1 aliphatic carbocycles. The average molecular weight is 256 g/mol. The normalized spacial score (nSPS) is 25.7. The van der Waals surface area contributed by atoms with E-state index in [2.05, 4.69) is 13.8 Å². The molecule has 0 bridgehead atoms. The molecule has 3 nitrogen and oxygen atoms in total. The van der Waals surface area contributed by atoms with Crippen LogP contribution in [0, 0.1) is 11.8 Å². The van der Waals surface area contributed by atoms with Crippen LogP contribution in [0.2, 0.25) is 0 Å². The Labute approximate surface area is 111 Å². The number of rotatable bonds is 7. The number of unbranched alkanes of at least 4 members (excludes halogenated alkanes) is 1. The summed E-state index contributed by atoms with van der Waals surface area (Å²) >= 11 is 0. The maximum absolute atomic E-state index is 11.9. The average Bonchev–Trinajstić information content (AvgIpc) is 2.39. The van der Waals surface area contributed by atoms with Gasteiger partial charge in [0.15, 0.2) is 0 Å². The van der Waals surface area contributed by atoms with Crippen LogP contribution in [0.1, 0.15) is 65.2 Å². The van der Waals surface area contributed by atoms with Crippen LogP contribution in [0.3, 0.4) is 0 Å². The number of aliphatic hydroxyl groups excluding tert-OH is 1. The second kappa shape index (κ2) is 8.52. The van der Waals surface area contributed by atoms with Crippen LogP contribution in [-0.2, 0) is 9.53 Å². The van der Waals surface area contributed by atoms with E-state index >= 15 is 0 Å². The van der Waals surface area contributed by atoms with Crippen LogP contribution < -0.4 is 0 Å². The summed E-state index contributed by atoms with van der Waals surface area (Å²) in [5.41, 5.74) is 0. The van der Waals surface area contributed by atoms with E-state index in [0.29, 0.717) is 12.5 Å². The number of esters is 1. The topological polar surface area (TPSA) is 46.5 Å². The lowest BCUT2D eigenvalue weighted by molar-refractivity contribution is -0.155. The van der Waals surface area contributed by atoms with E-state index in [1.54, 1.807) is 0 Å². The van der Waals surface area contributed by atoms with Crippen molar-refractivity contribution in [2.75, 3.05) is 6.61 Å². The van der Waals surface area contributed by atoms with Crippen molar-refractivity contribution in [3.63, 3.8) is 0 Å². The fraction of sp³-hybridized carbons (Fsp3) is 0.933. The summed E-state index contributed by atoms with van der Waals surface area (Å²) in [5, 5.41) is 9.80. The third-order valence-corrected chi connectivity index (χ3v) is 4.04. The van der Waals surface area contributed by atoms with Gasteiger partial charge in [-0.05, 0) is 25.2 Å². The van der Waals surface area contributed by atoms with E-state index in [4.69, 9.17) is 4.74 Å². The summed E-state index contributed by atoms with van der Waals surface area (Å²) in [4.78, 5) is 11.9. The van der Waals surface area contributed by atoms with Crippen molar-refractivity contribution in [2.45, 2.75) is 71.3 Å². The number of carbonyl (C=O) groups is 1. The minimum absolute atomic E-state index is 0.183. The number of hydrogen-bond donors (Lipinski definition) is 1. The molecule has 1 saturated carbocycles. The molecule has 1 aliphatic rings. The van der Waals surface area contributed by atoms with E-state index in [0.717, 1.165) is 38.5 Å². The summed E-state index contributed by atoms with van der Waals surface area (Å²) in [5.74, 6) is 0.0224. The Morgan fingerprint density at radius 2 is 2.06 bits per heavy atom. The highest BCUT2D eigenvalue weighted by molar-refractivity contribution is 5.73. The first kappa shape index (κ1) is 15.5. The van der Waals surface area contributed by atoms with E-state index in [9.17, 15) is 9.90 Å². The lowest BCUT2D eigenvalue weighted by atomic mass is 9.86. The van der Waals surface area contributed by atoms with Gasteiger partial charge in [-0.15, -0.1) is 0 Å². The molecule has 3 atom stereocenters. The van der Waals surface area contributed by atoms with E-state index in [-0.39, 0.29) is 11.9 Å². The standard InChI is InChI=1S/C15H28O3/c1-3-5-8-12(4-2)11-18-15(17)13-9-6-7-10-14(13)16/h12-14,16H,3-11H2,1-2H3/t12-,13-,14+/m0/s1. The van der Waals surface area contributed by atoms with Crippen molar-refractivity contribution < 1.29 is 14.6 Å². The first-order valence-electron chi connectivity index (χ1n) is 7.53. The zero-order valence-corrected chi connectivity index (χ0v) is 11.9. The van der Waals surface area contributed by atoms with Crippen LogP contribution in [0.15, 0.2) is 0 Å². The second-order valence-electron chi connectivity index (χ2n) is 5.50. The van der Waals surface area contributed by atoms with Crippen molar-refractivity contribution >= 4 is 5.97 Å². The molecule has 0 aromatic heterocycles. The van der Waals surface area contributed by atoms with Gasteiger partial charge in [0, 0.05) is 0 Å². The fourth-order valence-electron chi connectivity index (χ4n) is 2.59. The molecule has 1 rings (SSSR count). The molecule has 0 aliphatic heterocycles. The minimum Gasteiger partial charge on any atom is -0.465 e. The number of hydrogen-bond acceptors (Lipinski definition) is 3.